The number of carbonyl (C=O) groups is 1. The van der Waals surface area contributed by atoms with Crippen LogP contribution in [0, 0.1) is 0 Å². The van der Waals surface area contributed by atoms with Crippen LogP contribution in [-0.4, -0.2) is 27.9 Å². The summed E-state index contributed by atoms with van der Waals surface area (Å²) in [4.78, 5) is 10.5. The van der Waals surface area contributed by atoms with Gasteiger partial charge in [0, 0.05) is 5.56 Å². The Kier molecular flexibility index (Phi) is 3.06. The Morgan fingerprint density at radius 2 is 2.14 bits per heavy atom. The van der Waals surface area contributed by atoms with Gasteiger partial charge in [-0.25, -0.2) is 4.79 Å². The highest BCUT2D eigenvalue weighted by Gasteiger charge is 2.12. The molecule has 0 aliphatic carbocycles. The molecule has 1 rings (SSSR count). The standard InChI is InChI=1S/C9H11NO4/c10-7(4-11)6-2-1-5(9(13)14)3-8(6)12/h1-3,7,11-12H,4,10H2,(H,13,14)/t7-/m1/s1. The lowest BCUT2D eigenvalue weighted by molar-refractivity contribution is 0.0696. The Morgan fingerprint density at radius 3 is 2.57 bits per heavy atom. The van der Waals surface area contributed by atoms with E-state index in [1.807, 2.05) is 0 Å². The smallest absolute Gasteiger partial charge is 0.335 e. The van der Waals surface area contributed by atoms with Gasteiger partial charge >= 0.3 is 5.97 Å². The van der Waals surface area contributed by atoms with E-state index in [1.165, 1.54) is 12.1 Å². The van der Waals surface area contributed by atoms with Crippen molar-refractivity contribution in [1.82, 2.24) is 0 Å². The third kappa shape index (κ3) is 2.01. The molecular weight excluding hydrogens is 186 g/mol. The molecular formula is C9H11NO4. The van der Waals surface area contributed by atoms with Crippen LogP contribution in [0.25, 0.3) is 0 Å². The molecule has 0 amide bonds. The Morgan fingerprint density at radius 1 is 1.50 bits per heavy atom. The van der Waals surface area contributed by atoms with Crippen LogP contribution >= 0.6 is 0 Å². The molecule has 76 valence electrons. The van der Waals surface area contributed by atoms with Crippen molar-refractivity contribution >= 4 is 5.97 Å². The minimum Gasteiger partial charge on any atom is -0.508 e. The molecule has 0 unspecified atom stereocenters. The number of aromatic carboxylic acids is 1. The lowest BCUT2D eigenvalue weighted by atomic mass is 10.0. The summed E-state index contributed by atoms with van der Waals surface area (Å²) in [6, 6.07) is 3.12. The van der Waals surface area contributed by atoms with Gasteiger partial charge in [-0.1, -0.05) is 6.07 Å². The summed E-state index contributed by atoms with van der Waals surface area (Å²) in [6.07, 6.45) is 0. The third-order valence-corrected chi connectivity index (χ3v) is 1.87. The van der Waals surface area contributed by atoms with Gasteiger partial charge in [-0.3, -0.25) is 0 Å². The molecule has 0 saturated carbocycles. The lowest BCUT2D eigenvalue weighted by Gasteiger charge is -2.10. The molecule has 14 heavy (non-hydrogen) atoms. The van der Waals surface area contributed by atoms with E-state index >= 15 is 0 Å². The highest BCUT2D eigenvalue weighted by molar-refractivity contribution is 5.88. The van der Waals surface area contributed by atoms with Crippen LogP contribution in [0.2, 0.25) is 0 Å². The number of aliphatic hydroxyl groups is 1. The maximum Gasteiger partial charge on any atom is 0.335 e. The van der Waals surface area contributed by atoms with Crippen LogP contribution in [-0.2, 0) is 0 Å². The highest BCUT2D eigenvalue weighted by Crippen LogP contribution is 2.23. The molecule has 0 saturated heterocycles. The molecule has 0 aliphatic rings. The summed E-state index contributed by atoms with van der Waals surface area (Å²) >= 11 is 0. The normalized spacial score (nSPS) is 12.4. The quantitative estimate of drug-likeness (QED) is 0.549. The van der Waals surface area contributed by atoms with E-state index in [9.17, 15) is 9.90 Å². The zero-order valence-corrected chi connectivity index (χ0v) is 7.34. The second-order valence-corrected chi connectivity index (χ2v) is 2.87. The van der Waals surface area contributed by atoms with E-state index in [0.29, 0.717) is 5.56 Å². The van der Waals surface area contributed by atoms with Gasteiger partial charge < -0.3 is 21.1 Å². The third-order valence-electron chi connectivity index (χ3n) is 1.87. The van der Waals surface area contributed by atoms with Crippen molar-refractivity contribution in [2.45, 2.75) is 6.04 Å². The van der Waals surface area contributed by atoms with Crippen LogP contribution < -0.4 is 5.73 Å². The molecule has 0 aromatic heterocycles. The SMILES string of the molecule is N[C@H](CO)c1ccc(C(=O)O)cc1O. The number of benzene rings is 1. The number of phenolic OH excluding ortho intramolecular Hbond substituents is 1. The first-order chi connectivity index (χ1) is 6.56. The second-order valence-electron chi connectivity index (χ2n) is 2.87. The van der Waals surface area contributed by atoms with Crippen LogP contribution in [0.4, 0.5) is 0 Å². The maximum absolute atomic E-state index is 10.5. The monoisotopic (exact) mass is 197 g/mol. The molecule has 0 spiro atoms. The number of nitrogens with two attached hydrogens (primary N) is 1. The minimum absolute atomic E-state index is 0.0172. The average molecular weight is 197 g/mol. The van der Waals surface area contributed by atoms with Gasteiger partial charge in [-0.05, 0) is 12.1 Å². The predicted octanol–water partition coefficient (Wildman–Crippen LogP) is 0.0825. The molecule has 0 fully saturated rings. The van der Waals surface area contributed by atoms with E-state index in [2.05, 4.69) is 0 Å². The molecule has 1 aromatic carbocycles. The summed E-state index contributed by atoms with van der Waals surface area (Å²) in [7, 11) is 0. The highest BCUT2D eigenvalue weighted by atomic mass is 16.4. The number of carboxylic acid groups (broad SMARTS) is 1. The van der Waals surface area contributed by atoms with Crippen LogP contribution in [0.5, 0.6) is 5.75 Å². The topological polar surface area (TPSA) is 104 Å². The number of carboxylic acids is 1. The molecule has 0 bridgehead atoms. The van der Waals surface area contributed by atoms with Crippen LogP contribution in [0.3, 0.4) is 0 Å². The van der Waals surface area contributed by atoms with Crippen molar-refractivity contribution in [3.05, 3.63) is 29.3 Å². The maximum atomic E-state index is 10.5. The zero-order chi connectivity index (χ0) is 10.7. The fourth-order valence-electron chi connectivity index (χ4n) is 1.09. The molecule has 5 N–H and O–H groups in total. The van der Waals surface area contributed by atoms with Crippen molar-refractivity contribution < 1.29 is 20.1 Å². The van der Waals surface area contributed by atoms with Crippen molar-refractivity contribution in [2.24, 2.45) is 5.73 Å². The minimum atomic E-state index is -1.12. The summed E-state index contributed by atoms with van der Waals surface area (Å²) in [5.74, 6) is -1.34. The zero-order valence-electron chi connectivity index (χ0n) is 7.34. The predicted molar refractivity (Wildman–Crippen MR) is 49.1 cm³/mol. The Hall–Kier alpha value is -1.59. The number of aliphatic hydroxyl groups excluding tert-OH is 1. The van der Waals surface area contributed by atoms with Gasteiger partial charge in [0.05, 0.1) is 18.2 Å². The molecule has 0 aliphatic heterocycles. The van der Waals surface area contributed by atoms with Crippen molar-refractivity contribution in [3.8, 4) is 5.75 Å². The van der Waals surface area contributed by atoms with Crippen LogP contribution in [0.1, 0.15) is 22.0 Å². The number of hydrogen-bond donors (Lipinski definition) is 4. The first-order valence-electron chi connectivity index (χ1n) is 3.99. The van der Waals surface area contributed by atoms with E-state index in [1.54, 1.807) is 0 Å². The molecule has 5 nitrogen and oxygen atoms in total. The molecule has 1 aromatic rings. The summed E-state index contributed by atoms with van der Waals surface area (Å²) < 4.78 is 0. The van der Waals surface area contributed by atoms with Gasteiger partial charge in [0.25, 0.3) is 0 Å². The summed E-state index contributed by atoms with van der Waals surface area (Å²) in [6.45, 7) is -0.306. The Balaban J connectivity index is 3.07. The Labute approximate surface area is 80.4 Å². The second kappa shape index (κ2) is 4.08. The fraction of sp³-hybridized carbons (Fsp3) is 0.222. The van der Waals surface area contributed by atoms with Gasteiger partial charge in [-0.15, -0.1) is 0 Å². The summed E-state index contributed by atoms with van der Waals surface area (Å²) in [5, 5.41) is 26.7. The van der Waals surface area contributed by atoms with E-state index in [0.717, 1.165) is 6.07 Å². The summed E-state index contributed by atoms with van der Waals surface area (Å²) in [5.41, 5.74) is 5.78. The van der Waals surface area contributed by atoms with Gasteiger partial charge in [-0.2, -0.15) is 0 Å². The number of phenols is 1. The number of aromatic hydroxyl groups is 1. The van der Waals surface area contributed by atoms with Crippen molar-refractivity contribution in [1.29, 1.82) is 0 Å². The largest absolute Gasteiger partial charge is 0.508 e. The lowest BCUT2D eigenvalue weighted by Crippen LogP contribution is -2.14. The molecule has 1 atom stereocenters. The molecule has 5 heteroatoms. The fourth-order valence-corrected chi connectivity index (χ4v) is 1.09. The first-order valence-corrected chi connectivity index (χ1v) is 3.99. The van der Waals surface area contributed by atoms with E-state index in [4.69, 9.17) is 15.9 Å². The van der Waals surface area contributed by atoms with Crippen LogP contribution in [0.15, 0.2) is 18.2 Å². The van der Waals surface area contributed by atoms with Gasteiger partial charge in [0.2, 0.25) is 0 Å². The van der Waals surface area contributed by atoms with Gasteiger partial charge in [0.1, 0.15) is 5.75 Å². The molecule has 0 heterocycles. The van der Waals surface area contributed by atoms with E-state index in [-0.39, 0.29) is 17.9 Å². The van der Waals surface area contributed by atoms with E-state index < -0.39 is 12.0 Å². The number of rotatable bonds is 3. The first kappa shape index (κ1) is 10.5. The molecule has 0 radical (unpaired) electrons. The Bertz CT molecular complexity index is 351. The number of hydrogen-bond acceptors (Lipinski definition) is 4. The average Bonchev–Trinajstić information content (AvgIpc) is 2.16. The van der Waals surface area contributed by atoms with Crippen molar-refractivity contribution in [3.63, 3.8) is 0 Å². The van der Waals surface area contributed by atoms with Gasteiger partial charge in [0.15, 0.2) is 0 Å². The van der Waals surface area contributed by atoms with Crippen molar-refractivity contribution in [2.75, 3.05) is 6.61 Å².